The number of ether oxygens (including phenoxy) is 1. The average Bonchev–Trinajstić information content (AvgIpc) is 3.22. The predicted molar refractivity (Wildman–Crippen MR) is 93.7 cm³/mol. The molecule has 0 aromatic heterocycles. The zero-order valence-electron chi connectivity index (χ0n) is 14.1. The molecule has 24 heavy (non-hydrogen) atoms. The zero-order chi connectivity index (χ0) is 16.8. The highest BCUT2D eigenvalue weighted by atomic mass is 16.5. The number of hydrogen-bond donors (Lipinski definition) is 3. The van der Waals surface area contributed by atoms with Crippen LogP contribution in [0.3, 0.4) is 0 Å². The van der Waals surface area contributed by atoms with E-state index >= 15 is 0 Å². The van der Waals surface area contributed by atoms with Crippen LogP contribution in [0.15, 0.2) is 35.3 Å². The van der Waals surface area contributed by atoms with Crippen molar-refractivity contribution < 1.29 is 9.53 Å². The first-order chi connectivity index (χ1) is 11.7. The third-order valence-corrected chi connectivity index (χ3v) is 4.49. The molecule has 2 aliphatic rings. The standard InChI is InChI=1S/C18H26N4O2/c1-2-19-18(22-15-10-14-8-9-16(15)24-14)21-12-17(23)20-11-13-6-4-3-5-7-13/h3-7,14-16H,2,8-12H2,1H3,(H,20,23)(H2,19,21,22). The van der Waals surface area contributed by atoms with Gasteiger partial charge >= 0.3 is 0 Å². The summed E-state index contributed by atoms with van der Waals surface area (Å²) in [4.78, 5) is 16.4. The highest BCUT2D eigenvalue weighted by Crippen LogP contribution is 2.34. The van der Waals surface area contributed by atoms with E-state index in [4.69, 9.17) is 4.74 Å². The SMILES string of the molecule is CCNC(=NCC(=O)NCc1ccccc1)NC1CC2CCC1O2. The number of benzene rings is 1. The number of carbonyl (C=O) groups is 1. The van der Waals surface area contributed by atoms with Gasteiger partial charge in [0.1, 0.15) is 6.54 Å². The number of nitrogens with zero attached hydrogens (tertiary/aromatic N) is 1. The van der Waals surface area contributed by atoms with E-state index < -0.39 is 0 Å². The normalized spacial score (nSPS) is 25.5. The van der Waals surface area contributed by atoms with Gasteiger partial charge in [-0.1, -0.05) is 30.3 Å². The summed E-state index contributed by atoms with van der Waals surface area (Å²) < 4.78 is 5.85. The van der Waals surface area contributed by atoms with Gasteiger partial charge in [-0.3, -0.25) is 4.79 Å². The second kappa shape index (κ2) is 8.15. The number of nitrogens with one attached hydrogen (secondary N) is 3. The van der Waals surface area contributed by atoms with Crippen molar-refractivity contribution in [2.75, 3.05) is 13.1 Å². The third-order valence-electron chi connectivity index (χ3n) is 4.49. The lowest BCUT2D eigenvalue weighted by Crippen LogP contribution is -2.47. The van der Waals surface area contributed by atoms with Gasteiger partial charge in [-0.15, -0.1) is 0 Å². The van der Waals surface area contributed by atoms with Crippen LogP contribution in [0.25, 0.3) is 0 Å². The van der Waals surface area contributed by atoms with Gasteiger partial charge in [-0.25, -0.2) is 4.99 Å². The summed E-state index contributed by atoms with van der Waals surface area (Å²) in [5, 5.41) is 9.50. The zero-order valence-corrected chi connectivity index (χ0v) is 14.1. The van der Waals surface area contributed by atoms with Crippen molar-refractivity contribution in [1.29, 1.82) is 0 Å². The van der Waals surface area contributed by atoms with Crippen LogP contribution in [-0.4, -0.2) is 43.2 Å². The fraction of sp³-hybridized carbons (Fsp3) is 0.556. The molecule has 3 N–H and O–H groups in total. The van der Waals surface area contributed by atoms with Crippen LogP contribution in [0, 0.1) is 0 Å². The Balaban J connectivity index is 1.47. The van der Waals surface area contributed by atoms with Crippen molar-refractivity contribution in [1.82, 2.24) is 16.0 Å². The summed E-state index contributed by atoms with van der Waals surface area (Å²) in [6.45, 7) is 3.42. The quantitative estimate of drug-likeness (QED) is 0.541. The Labute approximate surface area is 143 Å². The highest BCUT2D eigenvalue weighted by molar-refractivity contribution is 5.85. The lowest BCUT2D eigenvalue weighted by molar-refractivity contribution is -0.119. The van der Waals surface area contributed by atoms with Crippen LogP contribution < -0.4 is 16.0 Å². The fourth-order valence-electron chi connectivity index (χ4n) is 3.29. The topological polar surface area (TPSA) is 74.8 Å². The summed E-state index contributed by atoms with van der Waals surface area (Å²) in [6.07, 6.45) is 3.97. The third kappa shape index (κ3) is 4.47. The van der Waals surface area contributed by atoms with Crippen molar-refractivity contribution in [2.24, 2.45) is 4.99 Å². The number of amides is 1. The number of guanidine groups is 1. The molecule has 3 atom stereocenters. The highest BCUT2D eigenvalue weighted by Gasteiger charge is 2.41. The molecule has 6 heteroatoms. The Bertz CT molecular complexity index is 576. The van der Waals surface area contributed by atoms with E-state index in [1.54, 1.807) is 0 Å². The molecular formula is C18H26N4O2. The van der Waals surface area contributed by atoms with E-state index in [1.165, 1.54) is 6.42 Å². The molecule has 2 aliphatic heterocycles. The molecule has 6 nitrogen and oxygen atoms in total. The van der Waals surface area contributed by atoms with Gasteiger partial charge in [-0.05, 0) is 31.7 Å². The minimum absolute atomic E-state index is 0.0831. The van der Waals surface area contributed by atoms with Gasteiger partial charge in [0.2, 0.25) is 5.91 Å². The van der Waals surface area contributed by atoms with E-state index in [0.717, 1.165) is 24.9 Å². The average molecular weight is 330 g/mol. The van der Waals surface area contributed by atoms with E-state index in [1.807, 2.05) is 37.3 Å². The second-order valence-corrected chi connectivity index (χ2v) is 6.32. The molecule has 3 rings (SSSR count). The maximum Gasteiger partial charge on any atom is 0.242 e. The molecule has 2 saturated heterocycles. The predicted octanol–water partition coefficient (Wildman–Crippen LogP) is 1.18. The second-order valence-electron chi connectivity index (χ2n) is 6.32. The molecule has 2 heterocycles. The van der Waals surface area contributed by atoms with Crippen LogP contribution in [0.5, 0.6) is 0 Å². The van der Waals surface area contributed by atoms with Crippen molar-refractivity contribution in [3.05, 3.63) is 35.9 Å². The van der Waals surface area contributed by atoms with E-state index in [9.17, 15) is 4.79 Å². The Hall–Kier alpha value is -2.08. The molecule has 1 aromatic rings. The minimum Gasteiger partial charge on any atom is -0.373 e. The molecule has 0 radical (unpaired) electrons. The Morgan fingerprint density at radius 1 is 1.25 bits per heavy atom. The van der Waals surface area contributed by atoms with Crippen molar-refractivity contribution in [3.8, 4) is 0 Å². The molecule has 2 bridgehead atoms. The molecule has 0 spiro atoms. The largest absolute Gasteiger partial charge is 0.373 e. The molecular weight excluding hydrogens is 304 g/mol. The summed E-state index contributed by atoms with van der Waals surface area (Å²) in [5.41, 5.74) is 1.08. The Kier molecular flexibility index (Phi) is 5.69. The molecule has 1 aromatic carbocycles. The Morgan fingerprint density at radius 3 is 2.75 bits per heavy atom. The van der Waals surface area contributed by atoms with Crippen molar-refractivity contribution in [3.63, 3.8) is 0 Å². The van der Waals surface area contributed by atoms with E-state index in [-0.39, 0.29) is 18.6 Å². The molecule has 0 saturated carbocycles. The van der Waals surface area contributed by atoms with Gasteiger partial charge in [-0.2, -0.15) is 0 Å². The first-order valence-electron chi connectivity index (χ1n) is 8.75. The van der Waals surface area contributed by atoms with Crippen LogP contribution >= 0.6 is 0 Å². The minimum atomic E-state index is -0.0831. The molecule has 1 amide bonds. The van der Waals surface area contributed by atoms with Gasteiger partial charge in [0.15, 0.2) is 5.96 Å². The van der Waals surface area contributed by atoms with E-state index in [2.05, 4.69) is 20.9 Å². The number of carbonyl (C=O) groups excluding carboxylic acids is 1. The first kappa shape index (κ1) is 16.8. The number of aliphatic imine (C=N–C) groups is 1. The van der Waals surface area contributed by atoms with E-state index in [0.29, 0.717) is 24.7 Å². The number of hydrogen-bond acceptors (Lipinski definition) is 3. The lowest BCUT2D eigenvalue weighted by Gasteiger charge is -2.22. The first-order valence-corrected chi connectivity index (χ1v) is 8.75. The smallest absolute Gasteiger partial charge is 0.242 e. The van der Waals surface area contributed by atoms with Gasteiger partial charge < -0.3 is 20.7 Å². The van der Waals surface area contributed by atoms with Crippen molar-refractivity contribution >= 4 is 11.9 Å². The summed E-state index contributed by atoms with van der Waals surface area (Å²) >= 11 is 0. The summed E-state index contributed by atoms with van der Waals surface area (Å²) in [7, 11) is 0. The lowest BCUT2D eigenvalue weighted by atomic mass is 9.96. The van der Waals surface area contributed by atoms with Gasteiger partial charge in [0.25, 0.3) is 0 Å². The maximum absolute atomic E-state index is 12.0. The summed E-state index contributed by atoms with van der Waals surface area (Å²) in [6, 6.07) is 10.2. The number of fused-ring (bicyclic) bond motifs is 2. The molecule has 3 unspecified atom stereocenters. The maximum atomic E-state index is 12.0. The van der Waals surface area contributed by atoms with Crippen LogP contribution in [0.2, 0.25) is 0 Å². The van der Waals surface area contributed by atoms with Crippen LogP contribution in [0.4, 0.5) is 0 Å². The summed E-state index contributed by atoms with van der Waals surface area (Å²) in [5.74, 6) is 0.605. The molecule has 0 aliphatic carbocycles. The Morgan fingerprint density at radius 2 is 2.08 bits per heavy atom. The fourth-order valence-corrected chi connectivity index (χ4v) is 3.29. The van der Waals surface area contributed by atoms with Crippen LogP contribution in [-0.2, 0) is 16.1 Å². The van der Waals surface area contributed by atoms with Gasteiger partial charge in [0.05, 0.1) is 18.2 Å². The van der Waals surface area contributed by atoms with Gasteiger partial charge in [0, 0.05) is 13.1 Å². The monoisotopic (exact) mass is 330 g/mol. The van der Waals surface area contributed by atoms with Crippen LogP contribution in [0.1, 0.15) is 31.7 Å². The van der Waals surface area contributed by atoms with Crippen molar-refractivity contribution in [2.45, 2.75) is 51.0 Å². The number of rotatable bonds is 6. The molecule has 2 fully saturated rings. The molecule has 130 valence electrons.